The lowest BCUT2D eigenvalue weighted by Crippen LogP contribution is -2.47. The van der Waals surface area contributed by atoms with E-state index in [-0.39, 0.29) is 41.2 Å². The zero-order valence-corrected chi connectivity index (χ0v) is 27.2. The maximum Gasteiger partial charge on any atom is 0.501 e. The zero-order chi connectivity index (χ0) is 35.9. The molecule has 10 nitrogen and oxygen atoms in total. The van der Waals surface area contributed by atoms with Crippen LogP contribution in [0.25, 0.3) is 0 Å². The molecule has 0 saturated heterocycles. The summed E-state index contributed by atoms with van der Waals surface area (Å²) in [7, 11) is -4.41. The number of benzene rings is 3. The van der Waals surface area contributed by atoms with Crippen LogP contribution in [0, 0.1) is 23.6 Å². The van der Waals surface area contributed by atoms with Gasteiger partial charge in [0.1, 0.15) is 12.4 Å². The molecule has 15 heteroatoms. The number of sulfone groups is 1. The average Bonchev–Trinajstić information content (AvgIpc) is 3.66. The van der Waals surface area contributed by atoms with Crippen molar-refractivity contribution in [2.45, 2.75) is 48.7 Å². The number of anilines is 1. The van der Waals surface area contributed by atoms with E-state index >= 15 is 4.39 Å². The Morgan fingerprint density at radius 3 is 2.33 bits per heavy atom. The van der Waals surface area contributed by atoms with Gasteiger partial charge in [0.25, 0.3) is 15.7 Å². The molecule has 3 aromatic rings. The van der Waals surface area contributed by atoms with E-state index in [9.17, 15) is 41.1 Å². The summed E-state index contributed by atoms with van der Waals surface area (Å²) in [5.41, 5.74) is -5.93. The van der Waals surface area contributed by atoms with E-state index in [2.05, 4.69) is 10.6 Å². The highest BCUT2D eigenvalue weighted by Gasteiger charge is 2.50. The Hall–Kier alpha value is -4.92. The van der Waals surface area contributed by atoms with Gasteiger partial charge in [-0.15, -0.1) is 0 Å². The lowest BCUT2D eigenvalue weighted by molar-refractivity contribution is -0.142. The Kier molecular flexibility index (Phi) is 9.52. The molecule has 3 aromatic carbocycles. The zero-order valence-electron chi connectivity index (χ0n) is 26.4. The molecule has 0 spiro atoms. The summed E-state index contributed by atoms with van der Waals surface area (Å²) in [6.07, 6.45) is 4.14. The minimum atomic E-state index is -5.65. The third-order valence-corrected chi connectivity index (χ3v) is 10.3. The number of rotatable bonds is 11. The Bertz CT molecular complexity index is 1940. The van der Waals surface area contributed by atoms with Crippen molar-refractivity contribution in [1.82, 2.24) is 5.32 Å². The maximum absolute atomic E-state index is 15.1. The molecular formula is C34H32F4N2O8S. The van der Waals surface area contributed by atoms with E-state index in [4.69, 9.17) is 9.47 Å². The van der Waals surface area contributed by atoms with Gasteiger partial charge in [0.05, 0.1) is 28.9 Å². The smallest absolute Gasteiger partial charge is 0.496 e. The van der Waals surface area contributed by atoms with Crippen molar-refractivity contribution in [2.75, 3.05) is 12.4 Å². The number of amides is 2. The summed E-state index contributed by atoms with van der Waals surface area (Å²) < 4.78 is 89.0. The monoisotopic (exact) mass is 704 g/mol. The second-order valence-electron chi connectivity index (χ2n) is 12.3. The molecule has 4 atom stereocenters. The Balaban J connectivity index is 1.34. The van der Waals surface area contributed by atoms with E-state index in [1.165, 1.54) is 13.2 Å². The molecular weight excluding hydrogens is 672 g/mol. The summed E-state index contributed by atoms with van der Waals surface area (Å²) in [4.78, 5) is 37.8. The summed E-state index contributed by atoms with van der Waals surface area (Å²) >= 11 is 0. The van der Waals surface area contributed by atoms with Crippen LogP contribution in [0.1, 0.15) is 41.8 Å². The Morgan fingerprint density at radius 1 is 0.959 bits per heavy atom. The first-order valence-electron chi connectivity index (χ1n) is 15.0. The number of methoxy groups -OCH3 is 1. The molecule has 3 N–H and O–H groups in total. The van der Waals surface area contributed by atoms with E-state index in [1.54, 1.807) is 44.2 Å². The number of nitrogens with one attached hydrogen (secondary N) is 2. The minimum Gasteiger partial charge on any atom is -0.496 e. The molecule has 0 unspecified atom stereocenters. The van der Waals surface area contributed by atoms with Crippen LogP contribution in [-0.2, 0) is 31.4 Å². The normalized spacial score (nSPS) is 20.1. The van der Waals surface area contributed by atoms with Crippen LogP contribution in [0.3, 0.4) is 0 Å². The molecule has 2 amide bonds. The van der Waals surface area contributed by atoms with Crippen molar-refractivity contribution in [1.29, 1.82) is 0 Å². The van der Waals surface area contributed by atoms with E-state index in [1.807, 2.05) is 6.08 Å². The number of allylic oxidation sites excluding steroid dienone is 1. The first kappa shape index (κ1) is 35.4. The topological polar surface area (TPSA) is 148 Å². The SMILES string of the molecule is COc1cc(F)c(OCc2cccc(C(C)(C)C(=O)O)c2)cc1C(=O)N[C@@H]1[C@H](C(=O)Nc2cccc(S(=O)(=O)C(F)(F)F)c2)[C@H]2C=C[C@@H]1C2. The highest BCUT2D eigenvalue weighted by atomic mass is 32.2. The number of hydrogen-bond acceptors (Lipinski definition) is 7. The van der Waals surface area contributed by atoms with Gasteiger partial charge in [0, 0.05) is 17.8 Å². The molecule has 0 aliphatic heterocycles. The van der Waals surface area contributed by atoms with Crippen molar-refractivity contribution >= 4 is 33.3 Å². The Morgan fingerprint density at radius 2 is 1.65 bits per heavy atom. The summed E-state index contributed by atoms with van der Waals surface area (Å²) in [6.45, 7) is 2.94. The second kappa shape index (κ2) is 13.2. The van der Waals surface area contributed by atoms with Gasteiger partial charge < -0.3 is 25.2 Å². The van der Waals surface area contributed by atoms with Gasteiger partial charge >= 0.3 is 11.5 Å². The Labute approximate surface area is 279 Å². The number of ether oxygens (including phenoxy) is 2. The quantitative estimate of drug-likeness (QED) is 0.172. The molecule has 0 heterocycles. The third kappa shape index (κ3) is 6.98. The van der Waals surface area contributed by atoms with Gasteiger partial charge in [-0.1, -0.05) is 42.5 Å². The summed E-state index contributed by atoms with van der Waals surface area (Å²) in [5.74, 6) is -5.09. The summed E-state index contributed by atoms with van der Waals surface area (Å²) in [6, 6.07) is 11.8. The molecule has 260 valence electrons. The number of carboxylic acid groups (broad SMARTS) is 1. The largest absolute Gasteiger partial charge is 0.501 e. The number of carbonyl (C=O) groups is 3. The van der Waals surface area contributed by atoms with Gasteiger partial charge in [-0.05, 0) is 67.5 Å². The molecule has 49 heavy (non-hydrogen) atoms. The maximum atomic E-state index is 15.1. The fourth-order valence-corrected chi connectivity index (χ4v) is 6.84. The number of alkyl halides is 3. The summed E-state index contributed by atoms with van der Waals surface area (Å²) in [5, 5.41) is 14.9. The number of fused-ring (bicyclic) bond motifs is 2. The lowest BCUT2D eigenvalue weighted by atomic mass is 9.84. The molecule has 0 aromatic heterocycles. The predicted octanol–water partition coefficient (Wildman–Crippen LogP) is 5.63. The van der Waals surface area contributed by atoms with Gasteiger partial charge in [0.15, 0.2) is 11.6 Å². The van der Waals surface area contributed by atoms with Gasteiger partial charge in [-0.3, -0.25) is 14.4 Å². The molecule has 2 bridgehead atoms. The highest BCUT2D eigenvalue weighted by molar-refractivity contribution is 7.92. The van der Waals surface area contributed by atoms with E-state index in [0.717, 1.165) is 24.3 Å². The predicted molar refractivity (Wildman–Crippen MR) is 168 cm³/mol. The molecule has 5 rings (SSSR count). The molecule has 1 saturated carbocycles. The van der Waals surface area contributed by atoms with Gasteiger partial charge in [0.2, 0.25) is 5.91 Å². The van der Waals surface area contributed by atoms with Crippen LogP contribution in [0.15, 0.2) is 77.7 Å². The molecule has 1 fully saturated rings. The fraction of sp³-hybridized carbons (Fsp3) is 0.324. The van der Waals surface area contributed by atoms with Crippen molar-refractivity contribution in [3.05, 3.63) is 95.3 Å². The number of hydrogen-bond donors (Lipinski definition) is 3. The van der Waals surface area contributed by atoms with Crippen molar-refractivity contribution in [3.8, 4) is 11.5 Å². The van der Waals surface area contributed by atoms with Gasteiger partial charge in [-0.25, -0.2) is 12.8 Å². The first-order valence-corrected chi connectivity index (χ1v) is 16.5. The molecule has 2 aliphatic rings. The highest BCUT2D eigenvalue weighted by Crippen LogP contribution is 2.45. The molecule has 0 radical (unpaired) electrons. The van der Waals surface area contributed by atoms with Crippen LogP contribution in [0.2, 0.25) is 0 Å². The van der Waals surface area contributed by atoms with Crippen molar-refractivity contribution in [3.63, 3.8) is 0 Å². The lowest BCUT2D eigenvalue weighted by Gasteiger charge is -2.28. The standard InChI is InChI=1S/C34H32F4N2O8S/c1-33(2,32(43)44)21-7-4-6-18(12-21)17-48-27-15-24(26(47-3)16-25(27)35)30(41)40-29-20-11-10-19(13-20)28(29)31(42)39-22-8-5-9-23(14-22)49(45,46)34(36,37)38/h4-12,14-16,19-20,28-29H,13,17H2,1-3H3,(H,39,42)(H,40,41)(H,43,44)/t19-,20+,28+,29-/m0/s1. The van der Waals surface area contributed by atoms with Gasteiger partial charge in [-0.2, -0.15) is 13.2 Å². The van der Waals surface area contributed by atoms with Crippen LogP contribution < -0.4 is 20.1 Å². The van der Waals surface area contributed by atoms with E-state index in [0.29, 0.717) is 23.6 Å². The van der Waals surface area contributed by atoms with Crippen LogP contribution in [0.4, 0.5) is 23.2 Å². The van der Waals surface area contributed by atoms with Crippen molar-refractivity contribution in [2.24, 2.45) is 17.8 Å². The van der Waals surface area contributed by atoms with Crippen LogP contribution >= 0.6 is 0 Å². The van der Waals surface area contributed by atoms with Crippen LogP contribution in [-0.4, -0.2) is 50.0 Å². The third-order valence-electron chi connectivity index (χ3n) is 8.85. The number of halogens is 4. The first-order chi connectivity index (χ1) is 22.9. The van der Waals surface area contributed by atoms with Crippen molar-refractivity contribution < 1.29 is 54.9 Å². The number of carbonyl (C=O) groups excluding carboxylic acids is 2. The number of aliphatic carboxylic acids is 1. The molecule has 2 aliphatic carbocycles. The minimum absolute atomic E-state index is 0.101. The second-order valence-corrected chi connectivity index (χ2v) is 14.3. The number of carboxylic acids is 1. The van der Waals surface area contributed by atoms with Crippen LogP contribution in [0.5, 0.6) is 11.5 Å². The average molecular weight is 705 g/mol. The van der Waals surface area contributed by atoms with E-state index < -0.39 is 61.2 Å². The fourth-order valence-electron chi connectivity index (χ4n) is 6.03.